The molecule has 0 fully saturated rings. The third-order valence-corrected chi connectivity index (χ3v) is 5.72. The first-order valence-corrected chi connectivity index (χ1v) is 11.3. The number of carbonyl (C=O) groups is 2. The zero-order valence-corrected chi connectivity index (χ0v) is 20.0. The number of carbonyl (C=O) groups excluding carboxylic acids is 2. The molecule has 0 bridgehead atoms. The van der Waals surface area contributed by atoms with Crippen molar-refractivity contribution in [1.29, 1.82) is 0 Å². The number of amides is 2. The van der Waals surface area contributed by atoms with E-state index in [2.05, 4.69) is 48.2 Å². The van der Waals surface area contributed by atoms with Gasteiger partial charge in [-0.05, 0) is 55.3 Å². The summed E-state index contributed by atoms with van der Waals surface area (Å²) in [5.74, 6) is -2.11. The van der Waals surface area contributed by atoms with Crippen molar-refractivity contribution in [3.05, 3.63) is 112 Å². The van der Waals surface area contributed by atoms with Gasteiger partial charge >= 0.3 is 11.6 Å². The van der Waals surface area contributed by atoms with Crippen LogP contribution in [0, 0.1) is 17.0 Å². The number of hydrogen-bond acceptors (Lipinski definition) is 7. The van der Waals surface area contributed by atoms with E-state index in [4.69, 9.17) is 4.42 Å². The number of nitrogens with zero attached hydrogens (tertiary/aromatic N) is 1. The van der Waals surface area contributed by atoms with Gasteiger partial charge in [0.1, 0.15) is 0 Å². The molecule has 1 heterocycles. The molecule has 0 radical (unpaired) electrons. The summed E-state index contributed by atoms with van der Waals surface area (Å²) in [6.45, 7) is 4.13. The third kappa shape index (κ3) is 5.76. The fourth-order valence-electron chi connectivity index (χ4n) is 3.78. The van der Waals surface area contributed by atoms with Crippen LogP contribution < -0.4 is 16.2 Å². The molecule has 4 N–H and O–H groups in total. The Morgan fingerprint density at radius 3 is 2.41 bits per heavy atom. The van der Waals surface area contributed by atoms with Crippen molar-refractivity contribution < 1.29 is 24.0 Å². The highest BCUT2D eigenvalue weighted by Gasteiger charge is 2.20. The van der Waals surface area contributed by atoms with Crippen molar-refractivity contribution in [3.8, 4) is 16.9 Å². The smallest absolute Gasteiger partial charge is 0.311 e. The second-order valence-electron chi connectivity index (χ2n) is 8.39. The number of nitrogens with one attached hydrogen (secondary N) is 3. The van der Waals surface area contributed by atoms with Gasteiger partial charge in [-0.15, -0.1) is 0 Å². The average molecular weight is 501 g/mol. The van der Waals surface area contributed by atoms with Crippen molar-refractivity contribution >= 4 is 23.2 Å². The zero-order chi connectivity index (χ0) is 26.5. The molecule has 4 aromatic rings. The Balaban J connectivity index is 1.41. The van der Waals surface area contributed by atoms with Crippen molar-refractivity contribution in [2.24, 2.45) is 0 Å². The van der Waals surface area contributed by atoms with Gasteiger partial charge in [0.05, 0.1) is 11.2 Å². The van der Waals surface area contributed by atoms with Crippen LogP contribution in [0.3, 0.4) is 0 Å². The summed E-state index contributed by atoms with van der Waals surface area (Å²) in [7, 11) is 0. The maximum Gasteiger partial charge on any atom is 0.311 e. The normalized spacial score (nSPS) is 11.4. The quantitative estimate of drug-likeness (QED) is 0.203. The van der Waals surface area contributed by atoms with Crippen LogP contribution in [0.1, 0.15) is 45.0 Å². The maximum atomic E-state index is 12.7. The van der Waals surface area contributed by atoms with Crippen molar-refractivity contribution in [1.82, 2.24) is 10.9 Å². The van der Waals surface area contributed by atoms with Crippen LogP contribution in [-0.2, 0) is 0 Å². The second kappa shape index (κ2) is 10.6. The summed E-state index contributed by atoms with van der Waals surface area (Å²) in [6, 6.07) is 20.6. The first kappa shape index (κ1) is 25.0. The maximum absolute atomic E-state index is 12.7. The summed E-state index contributed by atoms with van der Waals surface area (Å²) >= 11 is 0. The summed E-state index contributed by atoms with van der Waals surface area (Å²) in [6.07, 6.45) is 1.36. The molecule has 10 nitrogen and oxygen atoms in total. The molecule has 0 aliphatic carbocycles. The van der Waals surface area contributed by atoms with E-state index >= 15 is 0 Å². The molecule has 0 saturated carbocycles. The van der Waals surface area contributed by atoms with E-state index in [0.29, 0.717) is 5.56 Å². The summed E-state index contributed by atoms with van der Waals surface area (Å²) < 4.78 is 5.35. The van der Waals surface area contributed by atoms with Crippen LogP contribution in [0.25, 0.3) is 11.1 Å². The Morgan fingerprint density at radius 1 is 0.973 bits per heavy atom. The summed E-state index contributed by atoms with van der Waals surface area (Å²) in [5.41, 5.74) is 8.19. The number of phenolic OH excluding ortho intramolecular Hbond substituents is 1. The van der Waals surface area contributed by atoms with Gasteiger partial charge in [0.25, 0.3) is 5.91 Å². The van der Waals surface area contributed by atoms with Crippen LogP contribution >= 0.6 is 0 Å². The van der Waals surface area contributed by atoms with Crippen LogP contribution in [-0.4, -0.2) is 21.8 Å². The molecule has 0 spiro atoms. The third-order valence-electron chi connectivity index (χ3n) is 5.72. The monoisotopic (exact) mass is 500 g/mol. The van der Waals surface area contributed by atoms with Crippen LogP contribution in [0.4, 0.5) is 11.4 Å². The van der Waals surface area contributed by atoms with Crippen molar-refractivity contribution in [2.45, 2.75) is 19.9 Å². The van der Waals surface area contributed by atoms with E-state index in [-0.39, 0.29) is 17.4 Å². The molecule has 3 aromatic carbocycles. The first-order valence-electron chi connectivity index (χ1n) is 11.3. The number of aromatic hydroxyl groups is 1. The van der Waals surface area contributed by atoms with Gasteiger partial charge in [-0.2, -0.15) is 0 Å². The molecule has 1 aromatic heterocycles. The first-order chi connectivity index (χ1) is 17.7. The average Bonchev–Trinajstić information content (AvgIpc) is 3.38. The molecular weight excluding hydrogens is 476 g/mol. The van der Waals surface area contributed by atoms with Gasteiger partial charge in [0, 0.05) is 28.9 Å². The molecular formula is C27H24N4O6. The molecule has 2 amide bonds. The minimum Gasteiger partial charge on any atom is -0.502 e. The molecule has 37 heavy (non-hydrogen) atoms. The minimum atomic E-state index is -0.816. The lowest BCUT2D eigenvalue weighted by atomic mass is 10.0. The van der Waals surface area contributed by atoms with E-state index in [1.165, 1.54) is 23.5 Å². The predicted molar refractivity (Wildman–Crippen MR) is 137 cm³/mol. The molecule has 0 aliphatic heterocycles. The SMILES string of the molecule is Cc1cccc(C(C)Nc2ccc(-c3ccoc3C(=O)NNC(=O)c3ccc(O)c([N+](=O)[O-])c3)cc2)c1. The van der Waals surface area contributed by atoms with Crippen LogP contribution in [0.15, 0.2) is 83.5 Å². The molecule has 4 rings (SSSR count). The van der Waals surface area contributed by atoms with Gasteiger partial charge < -0.3 is 14.8 Å². The Labute approximate surface area is 212 Å². The van der Waals surface area contributed by atoms with E-state index in [9.17, 15) is 24.8 Å². The van der Waals surface area contributed by atoms with E-state index in [0.717, 1.165) is 23.4 Å². The number of hydrazine groups is 1. The topological polar surface area (TPSA) is 147 Å². The van der Waals surface area contributed by atoms with Crippen LogP contribution in [0.5, 0.6) is 5.75 Å². The van der Waals surface area contributed by atoms with Crippen molar-refractivity contribution in [3.63, 3.8) is 0 Å². The minimum absolute atomic E-state index is 0.0224. The number of anilines is 1. The summed E-state index contributed by atoms with van der Waals surface area (Å²) in [5, 5.41) is 24.0. The highest BCUT2D eigenvalue weighted by molar-refractivity contribution is 6.01. The number of aryl methyl sites for hydroxylation is 1. The lowest BCUT2D eigenvalue weighted by Crippen LogP contribution is -2.41. The number of nitro groups is 1. The number of phenols is 1. The van der Waals surface area contributed by atoms with Gasteiger partial charge in [-0.1, -0.05) is 42.0 Å². The fraction of sp³-hybridized carbons (Fsp3) is 0.111. The Bertz CT molecular complexity index is 1460. The molecule has 188 valence electrons. The number of nitro benzene ring substituents is 1. The predicted octanol–water partition coefficient (Wildman–Crippen LogP) is 5.12. The second-order valence-corrected chi connectivity index (χ2v) is 8.39. The molecule has 0 saturated heterocycles. The van der Waals surface area contributed by atoms with Gasteiger partial charge in [0.2, 0.25) is 5.76 Å². The van der Waals surface area contributed by atoms with E-state index < -0.39 is 28.2 Å². The number of furan rings is 1. The Morgan fingerprint density at radius 2 is 1.70 bits per heavy atom. The molecule has 1 atom stereocenters. The number of hydrogen-bond donors (Lipinski definition) is 4. The van der Waals surface area contributed by atoms with Gasteiger partial charge in [0.15, 0.2) is 5.75 Å². The Hall–Kier alpha value is -5.12. The van der Waals surface area contributed by atoms with Crippen LogP contribution in [0.2, 0.25) is 0 Å². The van der Waals surface area contributed by atoms with Gasteiger partial charge in [-0.3, -0.25) is 30.6 Å². The number of benzene rings is 3. The molecule has 10 heteroatoms. The Kier molecular flexibility index (Phi) is 7.19. The largest absolute Gasteiger partial charge is 0.502 e. The highest BCUT2D eigenvalue weighted by atomic mass is 16.6. The fourth-order valence-corrected chi connectivity index (χ4v) is 3.78. The summed E-state index contributed by atoms with van der Waals surface area (Å²) in [4.78, 5) is 35.2. The van der Waals surface area contributed by atoms with E-state index in [1.54, 1.807) is 6.07 Å². The zero-order valence-electron chi connectivity index (χ0n) is 20.0. The van der Waals surface area contributed by atoms with Crippen molar-refractivity contribution in [2.75, 3.05) is 5.32 Å². The lowest BCUT2D eigenvalue weighted by Gasteiger charge is -2.16. The lowest BCUT2D eigenvalue weighted by molar-refractivity contribution is -0.385. The standard InChI is InChI=1S/C27H24N4O6/c1-16-4-3-5-19(14-16)17(2)28-21-9-6-18(7-10-21)22-12-13-37-25(22)27(34)30-29-26(33)20-8-11-24(32)23(15-20)31(35)36/h3-15,17,28,32H,1-2H3,(H,29,33)(H,30,34). The molecule has 1 unspecified atom stereocenters. The van der Waals surface area contributed by atoms with Gasteiger partial charge in [-0.25, -0.2) is 0 Å². The van der Waals surface area contributed by atoms with E-state index in [1.807, 2.05) is 30.3 Å². The number of rotatable bonds is 7. The molecule has 0 aliphatic rings. The highest BCUT2D eigenvalue weighted by Crippen LogP contribution is 2.28.